The SMILES string of the molecule is CCn1nc(C)cc1-c1nnc(CCC(=O)NCc2nc3ccccc3[nH]2)o1. The van der Waals surface area contributed by atoms with E-state index >= 15 is 0 Å². The van der Waals surface area contributed by atoms with Crippen molar-refractivity contribution < 1.29 is 9.21 Å². The van der Waals surface area contributed by atoms with E-state index in [0.29, 0.717) is 31.3 Å². The van der Waals surface area contributed by atoms with Gasteiger partial charge in [0, 0.05) is 19.4 Å². The van der Waals surface area contributed by atoms with E-state index in [-0.39, 0.29) is 12.3 Å². The van der Waals surface area contributed by atoms with Crippen molar-refractivity contribution in [2.45, 2.75) is 39.8 Å². The first-order chi connectivity index (χ1) is 13.6. The maximum absolute atomic E-state index is 12.1. The summed E-state index contributed by atoms with van der Waals surface area (Å²) in [7, 11) is 0. The van der Waals surface area contributed by atoms with Crippen molar-refractivity contribution >= 4 is 16.9 Å². The minimum atomic E-state index is -0.102. The van der Waals surface area contributed by atoms with E-state index in [1.807, 2.05) is 48.9 Å². The van der Waals surface area contributed by atoms with Gasteiger partial charge in [-0.05, 0) is 32.0 Å². The molecule has 0 aliphatic rings. The summed E-state index contributed by atoms with van der Waals surface area (Å²) in [5, 5.41) is 15.3. The lowest BCUT2D eigenvalue weighted by atomic mass is 10.3. The summed E-state index contributed by atoms with van der Waals surface area (Å²) in [4.78, 5) is 19.8. The molecule has 28 heavy (non-hydrogen) atoms. The smallest absolute Gasteiger partial charge is 0.265 e. The molecule has 3 aromatic heterocycles. The van der Waals surface area contributed by atoms with Gasteiger partial charge in [-0.2, -0.15) is 5.10 Å². The molecule has 0 bridgehead atoms. The number of hydrogen-bond donors (Lipinski definition) is 2. The van der Waals surface area contributed by atoms with Crippen LogP contribution in [0.25, 0.3) is 22.6 Å². The highest BCUT2D eigenvalue weighted by Gasteiger charge is 2.15. The lowest BCUT2D eigenvalue weighted by Gasteiger charge is -2.01. The number of hydrogen-bond acceptors (Lipinski definition) is 6. The summed E-state index contributed by atoms with van der Waals surface area (Å²) in [6, 6.07) is 9.65. The van der Waals surface area contributed by atoms with Crippen LogP contribution in [0.4, 0.5) is 0 Å². The first kappa shape index (κ1) is 17.9. The quantitative estimate of drug-likeness (QED) is 0.509. The predicted octanol–water partition coefficient (Wildman–Crippen LogP) is 2.39. The number of carbonyl (C=O) groups is 1. The van der Waals surface area contributed by atoms with Gasteiger partial charge in [-0.25, -0.2) is 4.98 Å². The molecule has 144 valence electrons. The van der Waals surface area contributed by atoms with Crippen molar-refractivity contribution in [3.63, 3.8) is 0 Å². The van der Waals surface area contributed by atoms with E-state index in [1.54, 1.807) is 0 Å². The predicted molar refractivity (Wildman–Crippen MR) is 102 cm³/mol. The van der Waals surface area contributed by atoms with Gasteiger partial charge in [0.15, 0.2) is 0 Å². The second-order valence-corrected chi connectivity index (χ2v) is 6.47. The van der Waals surface area contributed by atoms with Crippen LogP contribution >= 0.6 is 0 Å². The monoisotopic (exact) mass is 379 g/mol. The van der Waals surface area contributed by atoms with Gasteiger partial charge < -0.3 is 14.7 Å². The van der Waals surface area contributed by atoms with Crippen LogP contribution in [0.5, 0.6) is 0 Å². The highest BCUT2D eigenvalue weighted by Crippen LogP contribution is 2.19. The molecule has 9 nitrogen and oxygen atoms in total. The Morgan fingerprint density at radius 3 is 2.96 bits per heavy atom. The number of benzene rings is 1. The normalized spacial score (nSPS) is 11.2. The van der Waals surface area contributed by atoms with Crippen LogP contribution in [-0.2, 0) is 24.3 Å². The van der Waals surface area contributed by atoms with Crippen molar-refractivity contribution in [1.82, 2.24) is 35.3 Å². The van der Waals surface area contributed by atoms with Gasteiger partial charge in [0.25, 0.3) is 5.89 Å². The Balaban J connectivity index is 1.32. The number of carbonyl (C=O) groups excluding carboxylic acids is 1. The van der Waals surface area contributed by atoms with Crippen LogP contribution in [0.15, 0.2) is 34.7 Å². The lowest BCUT2D eigenvalue weighted by Crippen LogP contribution is -2.23. The van der Waals surface area contributed by atoms with Crippen molar-refractivity contribution in [1.29, 1.82) is 0 Å². The number of imidazole rings is 1. The first-order valence-electron chi connectivity index (χ1n) is 9.20. The number of fused-ring (bicyclic) bond motifs is 1. The Hall–Kier alpha value is -3.49. The van der Waals surface area contributed by atoms with E-state index in [0.717, 1.165) is 28.2 Å². The average molecular weight is 379 g/mol. The number of rotatable bonds is 7. The fourth-order valence-electron chi connectivity index (χ4n) is 3.00. The number of amides is 1. The molecule has 0 aliphatic heterocycles. The third-order valence-corrected chi connectivity index (χ3v) is 4.34. The van der Waals surface area contributed by atoms with Crippen LogP contribution < -0.4 is 5.32 Å². The summed E-state index contributed by atoms with van der Waals surface area (Å²) in [6.45, 7) is 4.97. The fraction of sp³-hybridized carbons (Fsp3) is 0.316. The van der Waals surface area contributed by atoms with E-state index in [2.05, 4.69) is 30.6 Å². The molecule has 2 N–H and O–H groups in total. The number of H-pyrrole nitrogens is 1. The number of aromatic nitrogens is 6. The molecule has 0 aliphatic carbocycles. The Morgan fingerprint density at radius 1 is 1.29 bits per heavy atom. The Labute approximate surface area is 161 Å². The van der Waals surface area contributed by atoms with Gasteiger partial charge >= 0.3 is 0 Å². The second-order valence-electron chi connectivity index (χ2n) is 6.47. The molecule has 1 aromatic carbocycles. The molecule has 0 spiro atoms. The summed E-state index contributed by atoms with van der Waals surface area (Å²) >= 11 is 0. The summed E-state index contributed by atoms with van der Waals surface area (Å²) < 4.78 is 7.51. The van der Waals surface area contributed by atoms with Crippen LogP contribution in [0.3, 0.4) is 0 Å². The molecule has 0 saturated carbocycles. The molecule has 9 heteroatoms. The van der Waals surface area contributed by atoms with Crippen molar-refractivity contribution in [3.8, 4) is 11.6 Å². The number of nitrogens with one attached hydrogen (secondary N) is 2. The number of nitrogens with zero attached hydrogens (tertiary/aromatic N) is 5. The summed E-state index contributed by atoms with van der Waals surface area (Å²) in [5.74, 6) is 1.46. The Kier molecular flexibility index (Phi) is 4.88. The van der Waals surface area contributed by atoms with Crippen molar-refractivity contribution in [2.75, 3.05) is 0 Å². The van der Waals surface area contributed by atoms with Gasteiger partial charge in [-0.1, -0.05) is 12.1 Å². The van der Waals surface area contributed by atoms with Crippen LogP contribution in [0, 0.1) is 6.92 Å². The number of aromatic amines is 1. The molecule has 0 atom stereocenters. The van der Waals surface area contributed by atoms with Gasteiger partial charge in [0.2, 0.25) is 11.8 Å². The lowest BCUT2D eigenvalue weighted by molar-refractivity contribution is -0.121. The highest BCUT2D eigenvalue weighted by atomic mass is 16.4. The van der Waals surface area contributed by atoms with Crippen LogP contribution in [-0.4, -0.2) is 35.9 Å². The topological polar surface area (TPSA) is 115 Å². The minimum absolute atomic E-state index is 0.102. The zero-order chi connectivity index (χ0) is 19.5. The Morgan fingerprint density at radius 2 is 2.14 bits per heavy atom. The number of para-hydroxylation sites is 2. The average Bonchev–Trinajstić information content (AvgIpc) is 3.41. The molecule has 4 rings (SSSR count). The largest absolute Gasteiger partial charge is 0.419 e. The fourth-order valence-corrected chi connectivity index (χ4v) is 3.00. The summed E-state index contributed by atoms with van der Waals surface area (Å²) in [5.41, 5.74) is 3.51. The zero-order valence-corrected chi connectivity index (χ0v) is 15.8. The molecule has 0 radical (unpaired) electrons. The van der Waals surface area contributed by atoms with Gasteiger partial charge in [0.05, 0.1) is 23.3 Å². The van der Waals surface area contributed by atoms with Gasteiger partial charge in [-0.3, -0.25) is 9.48 Å². The molecule has 0 fully saturated rings. The van der Waals surface area contributed by atoms with Crippen molar-refractivity contribution in [2.24, 2.45) is 0 Å². The maximum Gasteiger partial charge on any atom is 0.265 e. The van der Waals surface area contributed by atoms with E-state index in [1.165, 1.54) is 0 Å². The molecule has 0 saturated heterocycles. The summed E-state index contributed by atoms with van der Waals surface area (Å²) in [6.07, 6.45) is 0.631. The van der Waals surface area contributed by atoms with E-state index in [4.69, 9.17) is 4.42 Å². The third-order valence-electron chi connectivity index (χ3n) is 4.34. The maximum atomic E-state index is 12.1. The van der Waals surface area contributed by atoms with E-state index < -0.39 is 0 Å². The highest BCUT2D eigenvalue weighted by molar-refractivity contribution is 5.77. The minimum Gasteiger partial charge on any atom is -0.419 e. The number of aryl methyl sites for hydroxylation is 3. The molecule has 0 unspecified atom stereocenters. The molecule has 3 heterocycles. The van der Waals surface area contributed by atoms with Crippen molar-refractivity contribution in [3.05, 3.63) is 47.7 Å². The van der Waals surface area contributed by atoms with Crippen LogP contribution in [0.1, 0.15) is 30.8 Å². The standard InChI is InChI=1S/C19H21N7O2/c1-3-26-15(10-12(2)25-26)19-24-23-18(28-19)9-8-17(27)20-11-16-21-13-6-4-5-7-14(13)22-16/h4-7,10H,3,8-9,11H2,1-2H3,(H,20,27)(H,21,22). The molecular weight excluding hydrogens is 358 g/mol. The second kappa shape index (κ2) is 7.63. The van der Waals surface area contributed by atoms with Gasteiger partial charge in [0.1, 0.15) is 11.5 Å². The molecular formula is C19H21N7O2. The molecule has 1 amide bonds. The third kappa shape index (κ3) is 3.78. The van der Waals surface area contributed by atoms with Gasteiger partial charge in [-0.15, -0.1) is 10.2 Å². The van der Waals surface area contributed by atoms with E-state index in [9.17, 15) is 4.79 Å². The van der Waals surface area contributed by atoms with Crippen LogP contribution in [0.2, 0.25) is 0 Å². The Bertz CT molecular complexity index is 1080. The molecule has 4 aromatic rings. The zero-order valence-electron chi connectivity index (χ0n) is 15.8. The first-order valence-corrected chi connectivity index (χ1v) is 9.20.